The Labute approximate surface area is 281 Å². The number of esters is 1. The molecule has 14 heteroatoms. The molecule has 3 heterocycles. The van der Waals surface area contributed by atoms with E-state index in [9.17, 15) is 28.0 Å². The number of thioether (sulfide) groups is 1. The summed E-state index contributed by atoms with van der Waals surface area (Å²) in [6.45, 7) is 4.99. The Kier molecular flexibility index (Phi) is 10.1. The van der Waals surface area contributed by atoms with E-state index in [4.69, 9.17) is 14.2 Å². The fraction of sp³-hybridized carbons (Fsp3) is 0.265. The Morgan fingerprint density at radius 3 is 2.48 bits per heavy atom. The summed E-state index contributed by atoms with van der Waals surface area (Å²) in [6, 6.07) is 14.3. The van der Waals surface area contributed by atoms with E-state index in [0.717, 1.165) is 29.2 Å². The number of nitriles is 1. The number of nitrogens with zero attached hydrogens (tertiary/aromatic N) is 4. The van der Waals surface area contributed by atoms with Crippen LogP contribution in [0.15, 0.2) is 74.6 Å². The Morgan fingerprint density at radius 1 is 1.12 bits per heavy atom. The van der Waals surface area contributed by atoms with E-state index < -0.39 is 23.9 Å². The predicted molar refractivity (Wildman–Crippen MR) is 175 cm³/mol. The van der Waals surface area contributed by atoms with Gasteiger partial charge in [-0.1, -0.05) is 29.5 Å². The summed E-state index contributed by atoms with van der Waals surface area (Å²) in [4.78, 5) is 35.9. The molecule has 0 radical (unpaired) electrons. The number of pyridine rings is 1. The molecule has 2 aromatic heterocycles. The standard InChI is InChI=1S/C34H29F3N4O5S2/c1-6-46-32(43)28-19(3)39-33-41(29(28)21-8-10-23(44-4)11-9-21)31(42)26(48-33)15-20-7-12-25(45-5)22(14-20)17-47-30-24(16-38)18(2)13-27(40-30)34(35,36)37/h7-15,29H,6,17H2,1-5H3/t29-/m0/s1. The third kappa shape index (κ3) is 6.88. The van der Waals surface area contributed by atoms with Crippen LogP contribution >= 0.6 is 23.1 Å². The van der Waals surface area contributed by atoms with Crippen LogP contribution in [0.3, 0.4) is 0 Å². The number of aromatic nitrogens is 2. The second kappa shape index (κ2) is 14.1. The van der Waals surface area contributed by atoms with Gasteiger partial charge in [0.2, 0.25) is 0 Å². The van der Waals surface area contributed by atoms with Gasteiger partial charge in [0.05, 0.1) is 48.2 Å². The van der Waals surface area contributed by atoms with Crippen molar-refractivity contribution in [3.05, 3.63) is 113 Å². The number of carbonyl (C=O) groups is 1. The summed E-state index contributed by atoms with van der Waals surface area (Å²) in [5.41, 5.74) is 1.37. The van der Waals surface area contributed by atoms with Crippen molar-refractivity contribution in [2.75, 3.05) is 20.8 Å². The molecule has 4 aromatic rings. The third-order valence-corrected chi connectivity index (χ3v) is 9.51. The monoisotopic (exact) mass is 694 g/mol. The second-order valence-corrected chi connectivity index (χ2v) is 12.5. The first-order valence-corrected chi connectivity index (χ1v) is 16.3. The number of hydrogen-bond acceptors (Lipinski definition) is 10. The van der Waals surface area contributed by atoms with Crippen LogP contribution in [-0.4, -0.2) is 36.3 Å². The lowest BCUT2D eigenvalue weighted by Gasteiger charge is -2.24. The lowest BCUT2D eigenvalue weighted by atomic mass is 9.96. The molecule has 1 atom stereocenters. The van der Waals surface area contributed by atoms with Gasteiger partial charge in [-0.2, -0.15) is 18.4 Å². The van der Waals surface area contributed by atoms with Gasteiger partial charge in [-0.25, -0.2) is 14.8 Å². The summed E-state index contributed by atoms with van der Waals surface area (Å²) in [5.74, 6) is 0.642. The van der Waals surface area contributed by atoms with Crippen LogP contribution in [0.2, 0.25) is 0 Å². The molecule has 0 bridgehead atoms. The molecule has 5 rings (SSSR count). The minimum absolute atomic E-state index is 0.0445. The molecule has 1 aliphatic rings. The Balaban J connectivity index is 1.57. The quantitative estimate of drug-likeness (QED) is 0.162. The number of rotatable bonds is 9. The first-order chi connectivity index (χ1) is 22.9. The minimum atomic E-state index is -4.67. The van der Waals surface area contributed by atoms with Gasteiger partial charge in [0, 0.05) is 11.3 Å². The molecule has 0 amide bonds. The fourth-order valence-electron chi connectivity index (χ4n) is 5.22. The SMILES string of the molecule is CCOC(=O)C1=C(C)N=c2sc(=Cc3ccc(OC)c(CSc4nc(C(F)(F)F)cc(C)c4C#N)c3)c(=O)n2[C@H]1c1ccc(OC)cc1. The van der Waals surface area contributed by atoms with Gasteiger partial charge < -0.3 is 14.2 Å². The molecule has 0 saturated heterocycles. The molecule has 0 spiro atoms. The summed E-state index contributed by atoms with van der Waals surface area (Å²) in [5, 5.41) is 9.57. The largest absolute Gasteiger partial charge is 0.497 e. The molecule has 0 unspecified atom stereocenters. The number of alkyl halides is 3. The summed E-state index contributed by atoms with van der Waals surface area (Å²) < 4.78 is 58.4. The maximum absolute atomic E-state index is 14.0. The summed E-state index contributed by atoms with van der Waals surface area (Å²) in [6.07, 6.45) is -2.99. The van der Waals surface area contributed by atoms with Crippen LogP contribution in [0.5, 0.6) is 11.5 Å². The van der Waals surface area contributed by atoms with Gasteiger partial charge in [-0.3, -0.25) is 9.36 Å². The minimum Gasteiger partial charge on any atom is -0.497 e. The van der Waals surface area contributed by atoms with Crippen molar-refractivity contribution < 1.29 is 32.2 Å². The Morgan fingerprint density at radius 2 is 1.85 bits per heavy atom. The number of carbonyl (C=O) groups excluding carboxylic acids is 1. The summed E-state index contributed by atoms with van der Waals surface area (Å²) in [7, 11) is 3.01. The van der Waals surface area contributed by atoms with E-state index in [0.29, 0.717) is 43.2 Å². The average molecular weight is 695 g/mol. The number of aryl methyl sites for hydroxylation is 1. The van der Waals surface area contributed by atoms with Crippen LogP contribution in [0, 0.1) is 18.3 Å². The third-order valence-electron chi connectivity index (χ3n) is 7.50. The number of allylic oxidation sites excluding steroid dienone is 1. The van der Waals surface area contributed by atoms with Crippen LogP contribution in [0.25, 0.3) is 6.08 Å². The zero-order chi connectivity index (χ0) is 34.7. The van der Waals surface area contributed by atoms with E-state index in [1.165, 1.54) is 18.6 Å². The van der Waals surface area contributed by atoms with E-state index in [1.54, 1.807) is 69.5 Å². The van der Waals surface area contributed by atoms with Crippen LogP contribution in [0.4, 0.5) is 13.2 Å². The van der Waals surface area contributed by atoms with E-state index in [-0.39, 0.29) is 39.6 Å². The normalized spacial score (nSPS) is 14.6. The molecule has 0 fully saturated rings. The molecule has 0 aliphatic carbocycles. The van der Waals surface area contributed by atoms with Gasteiger partial charge in [0.25, 0.3) is 5.56 Å². The smallest absolute Gasteiger partial charge is 0.433 e. The van der Waals surface area contributed by atoms with E-state index >= 15 is 0 Å². The molecule has 0 N–H and O–H groups in total. The number of benzene rings is 2. The fourth-order valence-corrected chi connectivity index (χ4v) is 7.30. The number of fused-ring (bicyclic) bond motifs is 1. The van der Waals surface area contributed by atoms with Crippen LogP contribution in [-0.2, 0) is 21.5 Å². The molecular formula is C34H29F3N4O5S2. The van der Waals surface area contributed by atoms with E-state index in [2.05, 4.69) is 9.98 Å². The van der Waals surface area contributed by atoms with Crippen molar-refractivity contribution in [3.63, 3.8) is 0 Å². The number of halogens is 3. The summed E-state index contributed by atoms with van der Waals surface area (Å²) >= 11 is 2.14. The molecular weight excluding hydrogens is 666 g/mol. The zero-order valence-electron chi connectivity index (χ0n) is 26.5. The van der Waals surface area contributed by atoms with Crippen LogP contribution in [0.1, 0.15) is 53.4 Å². The Bertz CT molecular complexity index is 2150. The first-order valence-electron chi connectivity index (χ1n) is 14.5. The van der Waals surface area contributed by atoms with Crippen molar-refractivity contribution >= 4 is 35.1 Å². The number of ether oxygens (including phenoxy) is 3. The molecule has 248 valence electrons. The molecule has 9 nitrogen and oxygen atoms in total. The van der Waals surface area contributed by atoms with Crippen molar-refractivity contribution in [1.82, 2.24) is 9.55 Å². The number of thiazole rings is 1. The number of hydrogen-bond donors (Lipinski definition) is 0. The Hall–Kier alpha value is -4.87. The second-order valence-electron chi connectivity index (χ2n) is 10.5. The van der Waals surface area contributed by atoms with Crippen molar-refractivity contribution in [1.29, 1.82) is 5.26 Å². The molecule has 1 aliphatic heterocycles. The topological polar surface area (TPSA) is 116 Å². The lowest BCUT2D eigenvalue weighted by molar-refractivity contribution is -0.141. The molecule has 0 saturated carbocycles. The highest BCUT2D eigenvalue weighted by Crippen LogP contribution is 2.35. The predicted octanol–water partition coefficient (Wildman–Crippen LogP) is 5.70. The van der Waals surface area contributed by atoms with Crippen molar-refractivity contribution in [2.24, 2.45) is 4.99 Å². The van der Waals surface area contributed by atoms with Crippen molar-refractivity contribution in [2.45, 2.75) is 43.8 Å². The maximum atomic E-state index is 14.0. The zero-order valence-corrected chi connectivity index (χ0v) is 28.1. The molecule has 2 aromatic carbocycles. The highest BCUT2D eigenvalue weighted by molar-refractivity contribution is 7.98. The van der Waals surface area contributed by atoms with Gasteiger partial charge in [0.15, 0.2) is 4.80 Å². The number of methoxy groups -OCH3 is 2. The van der Waals surface area contributed by atoms with Gasteiger partial charge >= 0.3 is 12.1 Å². The maximum Gasteiger partial charge on any atom is 0.433 e. The van der Waals surface area contributed by atoms with E-state index in [1.807, 2.05) is 6.07 Å². The lowest BCUT2D eigenvalue weighted by Crippen LogP contribution is -2.39. The first kappa shape index (κ1) is 34.5. The highest BCUT2D eigenvalue weighted by Gasteiger charge is 2.35. The highest BCUT2D eigenvalue weighted by atomic mass is 32.2. The van der Waals surface area contributed by atoms with Gasteiger partial charge in [0.1, 0.15) is 28.3 Å². The van der Waals surface area contributed by atoms with Gasteiger partial charge in [-0.05, 0) is 73.9 Å². The van der Waals surface area contributed by atoms with Crippen molar-refractivity contribution in [3.8, 4) is 17.6 Å². The van der Waals surface area contributed by atoms with Crippen LogP contribution < -0.4 is 24.4 Å². The van der Waals surface area contributed by atoms with Gasteiger partial charge in [-0.15, -0.1) is 11.8 Å². The molecule has 48 heavy (non-hydrogen) atoms. The average Bonchev–Trinajstić information content (AvgIpc) is 3.36.